The van der Waals surface area contributed by atoms with Crippen LogP contribution in [-0.4, -0.2) is 26.7 Å². The number of carbonyl (C=O) groups is 1. The highest BCUT2D eigenvalue weighted by molar-refractivity contribution is 5.85. The van der Waals surface area contributed by atoms with Gasteiger partial charge in [-0.2, -0.15) is 0 Å². The number of halogens is 2. The van der Waals surface area contributed by atoms with Crippen molar-refractivity contribution in [3.05, 3.63) is 11.6 Å². The molecular weight excluding hydrogens is 337 g/mol. The Hall–Kier alpha value is -0.850. The number of carbonyl (C=O) groups excluding carboxylic acids is 1. The van der Waals surface area contributed by atoms with Crippen LogP contribution < -0.4 is 11.1 Å². The summed E-state index contributed by atoms with van der Waals surface area (Å²) in [6.45, 7) is 2.96. The fraction of sp³-hybridized carbons (Fsp3) is 0.800. The Morgan fingerprint density at radius 2 is 2.04 bits per heavy atom. The van der Waals surface area contributed by atoms with Crippen molar-refractivity contribution in [3.8, 4) is 0 Å². The van der Waals surface area contributed by atoms with Gasteiger partial charge < -0.3 is 15.6 Å². The van der Waals surface area contributed by atoms with Crippen molar-refractivity contribution in [2.24, 2.45) is 23.5 Å². The van der Waals surface area contributed by atoms with Crippen LogP contribution >= 0.6 is 24.8 Å². The second-order valence-electron chi connectivity index (χ2n) is 6.90. The molecule has 130 valence electrons. The average Bonchev–Trinajstić information content (AvgIpc) is 3.18. The number of nitrogens with two attached hydrogens (primary N) is 1. The number of rotatable bonds is 3. The minimum absolute atomic E-state index is 0. The van der Waals surface area contributed by atoms with E-state index in [1.165, 1.54) is 6.42 Å². The zero-order valence-corrected chi connectivity index (χ0v) is 14.9. The first-order valence-electron chi connectivity index (χ1n) is 8.13. The van der Waals surface area contributed by atoms with Crippen molar-refractivity contribution in [2.75, 3.05) is 0 Å². The van der Waals surface area contributed by atoms with Crippen LogP contribution in [0.25, 0.3) is 0 Å². The van der Waals surface area contributed by atoms with E-state index in [-0.39, 0.29) is 48.7 Å². The van der Waals surface area contributed by atoms with Crippen LogP contribution in [0.5, 0.6) is 0 Å². The number of nitrogens with zero attached hydrogens (tertiary/aromatic N) is 3. The summed E-state index contributed by atoms with van der Waals surface area (Å²) in [6.07, 6.45) is 5.60. The predicted octanol–water partition coefficient (Wildman–Crippen LogP) is 1.62. The van der Waals surface area contributed by atoms with E-state index in [0.29, 0.717) is 11.8 Å². The first kappa shape index (κ1) is 18.5. The van der Waals surface area contributed by atoms with Crippen LogP contribution in [0, 0.1) is 17.8 Å². The Labute approximate surface area is 148 Å². The standard InChI is InChI=1S/C15H23N5O.2ClH/c1-8(14-19-18-11-3-2-6-20(11)14)17-15(21)12-9-4-5-10(7-9)13(12)16;;/h8-10,12-13H,2-7,16H2,1H3,(H,17,21);2*1H. The van der Waals surface area contributed by atoms with Crippen molar-refractivity contribution in [2.45, 2.75) is 57.7 Å². The number of aryl methyl sites for hydroxylation is 1. The minimum atomic E-state index is -0.0943. The molecule has 1 aromatic heterocycles. The summed E-state index contributed by atoms with van der Waals surface area (Å²) in [5.41, 5.74) is 6.26. The molecule has 5 atom stereocenters. The van der Waals surface area contributed by atoms with Crippen molar-refractivity contribution >= 4 is 30.7 Å². The average molecular weight is 362 g/mol. The van der Waals surface area contributed by atoms with E-state index in [4.69, 9.17) is 5.73 Å². The molecule has 2 saturated carbocycles. The lowest BCUT2D eigenvalue weighted by Gasteiger charge is -2.28. The van der Waals surface area contributed by atoms with Gasteiger partial charge in [-0.3, -0.25) is 4.79 Å². The van der Waals surface area contributed by atoms with Crippen molar-refractivity contribution in [3.63, 3.8) is 0 Å². The number of amides is 1. The topological polar surface area (TPSA) is 85.8 Å². The van der Waals surface area contributed by atoms with Gasteiger partial charge in [-0.25, -0.2) is 0 Å². The summed E-state index contributed by atoms with van der Waals surface area (Å²) in [5.74, 6) is 3.07. The van der Waals surface area contributed by atoms with E-state index < -0.39 is 0 Å². The largest absolute Gasteiger partial charge is 0.346 e. The van der Waals surface area contributed by atoms with Crippen LogP contribution in [-0.2, 0) is 17.8 Å². The summed E-state index contributed by atoms with van der Waals surface area (Å²) in [4.78, 5) is 12.6. The van der Waals surface area contributed by atoms with Crippen molar-refractivity contribution in [1.29, 1.82) is 0 Å². The minimum Gasteiger partial charge on any atom is -0.346 e. The van der Waals surface area contributed by atoms with Crippen LogP contribution in [0.2, 0.25) is 0 Å². The third-order valence-corrected chi connectivity index (χ3v) is 5.67. The third-order valence-electron chi connectivity index (χ3n) is 5.67. The van der Waals surface area contributed by atoms with Crippen LogP contribution in [0.4, 0.5) is 0 Å². The second-order valence-corrected chi connectivity index (χ2v) is 6.90. The van der Waals surface area contributed by atoms with Crippen LogP contribution in [0.15, 0.2) is 0 Å². The molecule has 2 aliphatic carbocycles. The van der Waals surface area contributed by atoms with Crippen LogP contribution in [0.1, 0.15) is 50.3 Å². The highest BCUT2D eigenvalue weighted by atomic mass is 35.5. The normalized spacial score (nSPS) is 31.9. The molecule has 4 rings (SSSR count). The monoisotopic (exact) mass is 361 g/mol. The first-order chi connectivity index (χ1) is 10.1. The molecule has 1 amide bonds. The van der Waals surface area contributed by atoms with Crippen molar-refractivity contribution < 1.29 is 4.79 Å². The number of aromatic nitrogens is 3. The molecule has 5 unspecified atom stereocenters. The van der Waals surface area contributed by atoms with Gasteiger partial charge in [-0.1, -0.05) is 0 Å². The van der Waals surface area contributed by atoms with Gasteiger partial charge in [0.1, 0.15) is 5.82 Å². The maximum Gasteiger partial charge on any atom is 0.225 e. The fourth-order valence-electron chi connectivity index (χ4n) is 4.59. The summed E-state index contributed by atoms with van der Waals surface area (Å²) in [7, 11) is 0. The molecule has 0 aromatic carbocycles. The molecule has 8 heteroatoms. The summed E-state index contributed by atoms with van der Waals surface area (Å²) in [5, 5.41) is 11.6. The van der Waals surface area contributed by atoms with E-state index in [0.717, 1.165) is 43.9 Å². The van der Waals surface area contributed by atoms with Gasteiger partial charge in [0.05, 0.1) is 12.0 Å². The lowest BCUT2D eigenvalue weighted by molar-refractivity contribution is -0.127. The zero-order chi connectivity index (χ0) is 14.6. The SMILES string of the molecule is CC(NC(=O)C1C2CCC(C2)C1N)c1nnc2n1CCC2.Cl.Cl. The Kier molecular flexibility index (Phi) is 5.59. The molecule has 3 aliphatic rings. The van der Waals surface area contributed by atoms with E-state index in [2.05, 4.69) is 20.1 Å². The van der Waals surface area contributed by atoms with Gasteiger partial charge in [-0.15, -0.1) is 35.0 Å². The van der Waals surface area contributed by atoms with Gasteiger partial charge in [-0.05, 0) is 44.4 Å². The van der Waals surface area contributed by atoms with Gasteiger partial charge >= 0.3 is 0 Å². The van der Waals surface area contributed by atoms with Gasteiger partial charge in [0.25, 0.3) is 0 Å². The fourth-order valence-corrected chi connectivity index (χ4v) is 4.59. The molecule has 2 bridgehead atoms. The molecular formula is C15H25Cl2N5O. The maximum absolute atomic E-state index is 12.6. The Bertz CT molecular complexity index is 576. The Balaban J connectivity index is 0.000000960. The number of nitrogens with one attached hydrogen (secondary N) is 1. The molecule has 2 heterocycles. The van der Waals surface area contributed by atoms with Crippen molar-refractivity contribution in [1.82, 2.24) is 20.1 Å². The Morgan fingerprint density at radius 1 is 1.30 bits per heavy atom. The highest BCUT2D eigenvalue weighted by Gasteiger charge is 2.49. The van der Waals surface area contributed by atoms with Gasteiger partial charge in [0, 0.05) is 19.0 Å². The summed E-state index contributed by atoms with van der Waals surface area (Å²) >= 11 is 0. The first-order valence-corrected chi connectivity index (χ1v) is 8.13. The highest BCUT2D eigenvalue weighted by Crippen LogP contribution is 2.47. The van der Waals surface area contributed by atoms with E-state index in [9.17, 15) is 4.79 Å². The number of hydrogen-bond acceptors (Lipinski definition) is 4. The number of hydrogen-bond donors (Lipinski definition) is 2. The second kappa shape index (κ2) is 6.95. The molecule has 0 spiro atoms. The molecule has 1 aromatic rings. The summed E-state index contributed by atoms with van der Waals surface area (Å²) in [6, 6.07) is -0.0526. The van der Waals surface area contributed by atoms with E-state index >= 15 is 0 Å². The zero-order valence-electron chi connectivity index (χ0n) is 13.3. The molecule has 2 fully saturated rings. The lowest BCUT2D eigenvalue weighted by Crippen LogP contribution is -2.46. The summed E-state index contributed by atoms with van der Waals surface area (Å²) < 4.78 is 2.14. The Morgan fingerprint density at radius 3 is 2.74 bits per heavy atom. The smallest absolute Gasteiger partial charge is 0.225 e. The molecule has 6 nitrogen and oxygen atoms in total. The third kappa shape index (κ3) is 2.96. The molecule has 23 heavy (non-hydrogen) atoms. The predicted molar refractivity (Wildman–Crippen MR) is 91.7 cm³/mol. The van der Waals surface area contributed by atoms with E-state index in [1.807, 2.05) is 6.92 Å². The molecule has 0 radical (unpaired) electrons. The maximum atomic E-state index is 12.6. The molecule has 0 saturated heterocycles. The molecule has 1 aliphatic heterocycles. The quantitative estimate of drug-likeness (QED) is 0.856. The van der Waals surface area contributed by atoms with E-state index in [1.54, 1.807) is 0 Å². The number of fused-ring (bicyclic) bond motifs is 3. The van der Waals surface area contributed by atoms with Gasteiger partial charge in [0.2, 0.25) is 5.91 Å². The lowest BCUT2D eigenvalue weighted by atomic mass is 9.84. The van der Waals surface area contributed by atoms with Crippen LogP contribution in [0.3, 0.4) is 0 Å². The molecule has 3 N–H and O–H groups in total. The van der Waals surface area contributed by atoms with Gasteiger partial charge in [0.15, 0.2) is 5.82 Å².